The highest BCUT2D eigenvalue weighted by molar-refractivity contribution is 5.94. The van der Waals surface area contributed by atoms with E-state index in [-0.39, 0.29) is 18.1 Å². The van der Waals surface area contributed by atoms with Crippen molar-refractivity contribution in [2.75, 3.05) is 0 Å². The number of carbonyl (C=O) groups is 2. The largest absolute Gasteiger partial charge is 0.453 e. The predicted octanol–water partition coefficient (Wildman–Crippen LogP) is 3.30. The van der Waals surface area contributed by atoms with Gasteiger partial charge in [-0.05, 0) is 19.1 Å². The van der Waals surface area contributed by atoms with Crippen LogP contribution in [0.4, 0.5) is 4.39 Å². The van der Waals surface area contributed by atoms with Crippen LogP contribution in [0.3, 0.4) is 0 Å². The van der Waals surface area contributed by atoms with Crippen LogP contribution in [0.25, 0.3) is 0 Å². The summed E-state index contributed by atoms with van der Waals surface area (Å²) in [6.07, 6.45) is -0.576. The molecule has 3 rings (SSSR count). The Labute approximate surface area is 133 Å². The third-order valence-corrected chi connectivity index (χ3v) is 3.90. The molecule has 2 aromatic rings. The van der Waals surface area contributed by atoms with Gasteiger partial charge in [-0.3, -0.25) is 4.79 Å². The molecule has 2 aromatic carbocycles. The van der Waals surface area contributed by atoms with E-state index >= 15 is 0 Å². The van der Waals surface area contributed by atoms with Crippen molar-refractivity contribution in [1.82, 2.24) is 5.32 Å². The van der Waals surface area contributed by atoms with Crippen molar-refractivity contribution in [3.05, 3.63) is 71.0 Å². The van der Waals surface area contributed by atoms with E-state index in [1.807, 2.05) is 0 Å². The Bertz CT molecular complexity index is 759. The zero-order valence-corrected chi connectivity index (χ0v) is 12.6. The number of halogens is 1. The van der Waals surface area contributed by atoms with Crippen LogP contribution in [-0.2, 0) is 9.53 Å². The van der Waals surface area contributed by atoms with Gasteiger partial charge in [0.15, 0.2) is 0 Å². The Balaban J connectivity index is 1.67. The number of carbonyl (C=O) groups excluding carboxylic acids is 2. The van der Waals surface area contributed by atoms with Gasteiger partial charge in [-0.15, -0.1) is 0 Å². The van der Waals surface area contributed by atoms with Crippen LogP contribution in [0.5, 0.6) is 0 Å². The molecule has 2 atom stereocenters. The first-order valence-corrected chi connectivity index (χ1v) is 7.40. The monoisotopic (exact) mass is 313 g/mol. The Hall–Kier alpha value is -2.69. The molecule has 0 spiro atoms. The Morgan fingerprint density at radius 2 is 1.91 bits per heavy atom. The van der Waals surface area contributed by atoms with Gasteiger partial charge in [0.05, 0.1) is 18.0 Å². The van der Waals surface area contributed by atoms with Gasteiger partial charge in [0.2, 0.25) is 5.91 Å². The molecule has 1 heterocycles. The van der Waals surface area contributed by atoms with E-state index in [1.165, 1.54) is 6.07 Å². The third-order valence-electron chi connectivity index (χ3n) is 3.90. The zero-order valence-electron chi connectivity index (χ0n) is 12.6. The molecule has 0 aliphatic carbocycles. The van der Waals surface area contributed by atoms with Crippen molar-refractivity contribution in [3.63, 3.8) is 0 Å². The zero-order chi connectivity index (χ0) is 16.4. The van der Waals surface area contributed by atoms with Gasteiger partial charge in [0.25, 0.3) is 0 Å². The minimum Gasteiger partial charge on any atom is -0.453 e. The van der Waals surface area contributed by atoms with E-state index in [2.05, 4.69) is 5.32 Å². The Morgan fingerprint density at radius 1 is 1.22 bits per heavy atom. The lowest BCUT2D eigenvalue weighted by Crippen LogP contribution is -2.28. The second-order valence-corrected chi connectivity index (χ2v) is 5.50. The lowest BCUT2D eigenvalue weighted by molar-refractivity contribution is -0.123. The van der Waals surface area contributed by atoms with E-state index in [0.29, 0.717) is 16.7 Å². The quantitative estimate of drug-likeness (QED) is 0.881. The molecular weight excluding hydrogens is 297 g/mol. The van der Waals surface area contributed by atoms with Crippen LogP contribution in [0, 0.1) is 5.82 Å². The number of fused-ring (bicyclic) bond motifs is 1. The fourth-order valence-electron chi connectivity index (χ4n) is 2.74. The minimum absolute atomic E-state index is 0.0154. The van der Waals surface area contributed by atoms with E-state index < -0.39 is 18.1 Å². The van der Waals surface area contributed by atoms with Gasteiger partial charge in [0.1, 0.15) is 11.9 Å². The van der Waals surface area contributed by atoms with Crippen LogP contribution in [0.2, 0.25) is 0 Å². The smallest absolute Gasteiger partial charge is 0.339 e. The summed E-state index contributed by atoms with van der Waals surface area (Å²) in [5, 5.41) is 2.74. The number of nitrogens with one attached hydrogen (secondary N) is 1. The topological polar surface area (TPSA) is 55.4 Å². The van der Waals surface area contributed by atoms with Crippen LogP contribution in [0.15, 0.2) is 48.5 Å². The molecule has 0 bridgehead atoms. The lowest BCUT2D eigenvalue weighted by atomic mass is 10.0. The van der Waals surface area contributed by atoms with E-state index in [4.69, 9.17) is 4.74 Å². The van der Waals surface area contributed by atoms with Crippen molar-refractivity contribution in [2.45, 2.75) is 25.5 Å². The molecule has 118 valence electrons. The lowest BCUT2D eigenvalue weighted by Gasteiger charge is -2.17. The van der Waals surface area contributed by atoms with Gasteiger partial charge in [0, 0.05) is 11.1 Å². The molecule has 0 unspecified atom stereocenters. The maximum Gasteiger partial charge on any atom is 0.339 e. The van der Waals surface area contributed by atoms with Crippen molar-refractivity contribution in [1.29, 1.82) is 0 Å². The number of benzene rings is 2. The molecule has 0 saturated heterocycles. The van der Waals surface area contributed by atoms with E-state index in [1.54, 1.807) is 49.4 Å². The standard InChI is InChI=1S/C18H16FNO3/c1-11(12-6-4-5-9-15(12)19)20-17(21)10-16-13-7-2-3-8-14(13)18(22)23-16/h2-9,11,16H,10H2,1H3,(H,20,21)/t11-,16-/m0/s1. The minimum atomic E-state index is -0.591. The van der Waals surface area contributed by atoms with Crippen molar-refractivity contribution >= 4 is 11.9 Å². The maximum atomic E-state index is 13.7. The molecule has 1 aliphatic rings. The molecule has 0 aromatic heterocycles. The number of esters is 1. The van der Waals surface area contributed by atoms with E-state index in [0.717, 1.165) is 0 Å². The highest BCUT2D eigenvalue weighted by Gasteiger charge is 2.32. The molecule has 0 fully saturated rings. The summed E-state index contributed by atoms with van der Waals surface area (Å²) in [6.45, 7) is 1.71. The molecule has 1 aliphatic heterocycles. The number of amides is 1. The number of cyclic esters (lactones) is 1. The van der Waals surface area contributed by atoms with E-state index in [9.17, 15) is 14.0 Å². The molecule has 5 heteroatoms. The summed E-state index contributed by atoms with van der Waals surface area (Å²) in [5.41, 5.74) is 1.63. The summed E-state index contributed by atoms with van der Waals surface area (Å²) in [5.74, 6) is -1.08. The summed E-state index contributed by atoms with van der Waals surface area (Å²) >= 11 is 0. The fraction of sp³-hybridized carbons (Fsp3) is 0.222. The average Bonchev–Trinajstić information content (AvgIpc) is 2.84. The van der Waals surface area contributed by atoms with Crippen LogP contribution >= 0.6 is 0 Å². The summed E-state index contributed by atoms with van der Waals surface area (Å²) < 4.78 is 19.0. The van der Waals surface area contributed by atoms with Gasteiger partial charge in [-0.25, -0.2) is 9.18 Å². The number of hydrogen-bond donors (Lipinski definition) is 1. The van der Waals surface area contributed by atoms with Gasteiger partial charge < -0.3 is 10.1 Å². The van der Waals surface area contributed by atoms with Gasteiger partial charge in [-0.1, -0.05) is 36.4 Å². The van der Waals surface area contributed by atoms with Crippen LogP contribution < -0.4 is 5.32 Å². The number of rotatable bonds is 4. The molecule has 1 amide bonds. The van der Waals surface area contributed by atoms with Gasteiger partial charge in [-0.2, -0.15) is 0 Å². The highest BCUT2D eigenvalue weighted by Crippen LogP contribution is 2.32. The van der Waals surface area contributed by atoms with Crippen LogP contribution in [0.1, 0.15) is 47.0 Å². The first-order valence-electron chi connectivity index (χ1n) is 7.40. The summed E-state index contributed by atoms with van der Waals surface area (Å²) in [7, 11) is 0. The second-order valence-electron chi connectivity index (χ2n) is 5.50. The molecule has 23 heavy (non-hydrogen) atoms. The van der Waals surface area contributed by atoms with Crippen molar-refractivity contribution < 1.29 is 18.7 Å². The molecule has 4 nitrogen and oxygen atoms in total. The predicted molar refractivity (Wildman–Crippen MR) is 82.2 cm³/mol. The second kappa shape index (κ2) is 6.20. The Kier molecular flexibility index (Phi) is 4.10. The normalized spacial score (nSPS) is 17.3. The maximum absolute atomic E-state index is 13.7. The Morgan fingerprint density at radius 3 is 2.70 bits per heavy atom. The van der Waals surface area contributed by atoms with Crippen LogP contribution in [-0.4, -0.2) is 11.9 Å². The highest BCUT2D eigenvalue weighted by atomic mass is 19.1. The van der Waals surface area contributed by atoms with Gasteiger partial charge >= 0.3 is 5.97 Å². The third kappa shape index (κ3) is 3.08. The number of ether oxygens (including phenoxy) is 1. The molecule has 0 radical (unpaired) electrons. The molecule has 0 saturated carbocycles. The average molecular weight is 313 g/mol. The molecular formula is C18H16FNO3. The first-order chi connectivity index (χ1) is 11.1. The van der Waals surface area contributed by atoms with Crippen molar-refractivity contribution in [3.8, 4) is 0 Å². The molecule has 1 N–H and O–H groups in total. The first kappa shape index (κ1) is 15.2. The summed E-state index contributed by atoms with van der Waals surface area (Å²) in [4.78, 5) is 23.9. The summed E-state index contributed by atoms with van der Waals surface area (Å²) in [6, 6.07) is 12.8. The fourth-order valence-corrected chi connectivity index (χ4v) is 2.74. The van der Waals surface area contributed by atoms with Crippen molar-refractivity contribution in [2.24, 2.45) is 0 Å². The number of hydrogen-bond acceptors (Lipinski definition) is 3. The SMILES string of the molecule is C[C@H](NC(=O)C[C@@H]1OC(=O)c2ccccc21)c1ccccc1F.